The fraction of sp³-hybridized carbons (Fsp3) is 0.333. The summed E-state index contributed by atoms with van der Waals surface area (Å²) in [5.41, 5.74) is 9.53. The molecule has 0 bridgehead atoms. The number of aromatic nitrogens is 2. The molecule has 5 rings (SSSR count). The number of carbonyl (C=O) groups excluding carboxylic acids is 2. The lowest BCUT2D eigenvalue weighted by Gasteiger charge is -2.19. The molecule has 6 N–H and O–H groups in total. The molecule has 45 heavy (non-hydrogen) atoms. The summed E-state index contributed by atoms with van der Waals surface area (Å²) < 4.78 is 5.44. The zero-order chi connectivity index (χ0) is 31.6. The van der Waals surface area contributed by atoms with Gasteiger partial charge in [-0.05, 0) is 80.1 Å². The highest BCUT2D eigenvalue weighted by molar-refractivity contribution is 5.91. The van der Waals surface area contributed by atoms with Gasteiger partial charge in [0.25, 0.3) is 0 Å². The number of carbonyl (C=O) groups is 2. The van der Waals surface area contributed by atoms with Crippen LogP contribution in [-0.2, 0) is 22.4 Å². The van der Waals surface area contributed by atoms with Crippen LogP contribution < -0.4 is 20.9 Å². The number of ether oxygens (including phenoxy) is 1. The number of H-pyrrole nitrogens is 2. The third-order valence-electron chi connectivity index (χ3n) is 8.48. The summed E-state index contributed by atoms with van der Waals surface area (Å²) in [6.07, 6.45) is 4.59. The van der Waals surface area contributed by atoms with Crippen molar-refractivity contribution in [2.24, 2.45) is 0 Å². The first-order valence-electron chi connectivity index (χ1n) is 15.7. The van der Waals surface area contributed by atoms with Crippen molar-refractivity contribution in [1.82, 2.24) is 26.1 Å². The van der Waals surface area contributed by atoms with Gasteiger partial charge in [-0.15, -0.1) is 0 Å². The molecule has 2 amide bonds. The monoisotopic (exact) mass is 609 g/mol. The van der Waals surface area contributed by atoms with Crippen LogP contribution in [0.4, 0.5) is 0 Å². The third-order valence-corrected chi connectivity index (χ3v) is 8.48. The van der Waals surface area contributed by atoms with Gasteiger partial charge >= 0.3 is 0 Å². The van der Waals surface area contributed by atoms with E-state index in [1.54, 1.807) is 12.6 Å². The minimum Gasteiger partial charge on any atom is -0.497 e. The fourth-order valence-corrected chi connectivity index (χ4v) is 6.12. The number of unbranched alkanes of at least 4 members (excludes halogenated alkanes) is 2. The van der Waals surface area contributed by atoms with Gasteiger partial charge in [0.15, 0.2) is 0 Å². The van der Waals surface area contributed by atoms with Crippen molar-refractivity contribution in [2.45, 2.75) is 57.9 Å². The van der Waals surface area contributed by atoms with Crippen LogP contribution in [0, 0.1) is 6.92 Å². The molecule has 0 aliphatic carbocycles. The summed E-state index contributed by atoms with van der Waals surface area (Å²) >= 11 is 0. The molecule has 0 saturated carbocycles. The molecule has 236 valence electrons. The molecule has 0 fully saturated rings. The number of para-hydroxylation sites is 1. The third kappa shape index (κ3) is 7.92. The minimum absolute atomic E-state index is 0.0264. The first kappa shape index (κ1) is 31.8. The van der Waals surface area contributed by atoms with Crippen molar-refractivity contribution in [3.63, 3.8) is 0 Å². The molecule has 0 radical (unpaired) electrons. The van der Waals surface area contributed by atoms with Gasteiger partial charge in [0.1, 0.15) is 5.75 Å². The summed E-state index contributed by atoms with van der Waals surface area (Å²) in [4.78, 5) is 32.0. The second kappa shape index (κ2) is 15.4. The summed E-state index contributed by atoms with van der Waals surface area (Å²) in [5.74, 6) is 0.398. The molecule has 1 unspecified atom stereocenters. The second-order valence-corrected chi connectivity index (χ2v) is 11.5. The number of amides is 2. The molecule has 9 heteroatoms. The molecular weight excluding hydrogens is 566 g/mol. The van der Waals surface area contributed by atoms with Crippen molar-refractivity contribution < 1.29 is 19.5 Å². The highest BCUT2D eigenvalue weighted by Crippen LogP contribution is 2.30. The number of rotatable bonds is 16. The van der Waals surface area contributed by atoms with E-state index in [1.807, 2.05) is 42.5 Å². The Labute approximate surface area is 263 Å². The number of hydrogen-bond donors (Lipinski definition) is 6. The standard InChI is InChI=1S/C36H43N5O4/c1-24-27(30-23-26(45-2)17-18-32(30)39-24)19-21-37-33(15-7-4-8-16-34(42)41-44)36(43)38-22-20-29-28-13-9-10-14-31(28)40-35(29)25-11-5-3-6-12-25/h3,5-6,9-14,17-18,23,33,37,39-40,44H,4,7-8,15-16,19-22H2,1-2H3,(H,38,43)(H,41,42). The molecule has 0 aliphatic rings. The van der Waals surface area contributed by atoms with E-state index in [0.717, 1.165) is 63.8 Å². The first-order valence-corrected chi connectivity index (χ1v) is 15.7. The van der Waals surface area contributed by atoms with Crippen molar-refractivity contribution >= 4 is 33.6 Å². The number of hydroxylamine groups is 1. The Kier molecular flexibility index (Phi) is 10.9. The molecule has 5 aromatic rings. The van der Waals surface area contributed by atoms with Crippen LogP contribution in [-0.4, -0.2) is 53.2 Å². The number of fused-ring (bicyclic) bond motifs is 2. The van der Waals surface area contributed by atoms with Crippen LogP contribution in [0.1, 0.15) is 48.9 Å². The predicted octanol–water partition coefficient (Wildman–Crippen LogP) is 5.95. The minimum atomic E-state index is -0.389. The Morgan fingerprint density at radius 3 is 2.40 bits per heavy atom. The van der Waals surface area contributed by atoms with Crippen LogP contribution in [0.15, 0.2) is 72.8 Å². The quantitative estimate of drug-likeness (QED) is 0.0468. The number of nitrogens with one attached hydrogen (secondary N) is 5. The topological polar surface area (TPSA) is 131 Å². The van der Waals surface area contributed by atoms with Gasteiger partial charge in [0, 0.05) is 46.2 Å². The highest BCUT2D eigenvalue weighted by Gasteiger charge is 2.19. The molecule has 0 spiro atoms. The second-order valence-electron chi connectivity index (χ2n) is 11.5. The number of benzene rings is 3. The van der Waals surface area contributed by atoms with Gasteiger partial charge in [-0.2, -0.15) is 0 Å². The molecule has 9 nitrogen and oxygen atoms in total. The molecule has 0 saturated heterocycles. The molecule has 2 heterocycles. The number of hydrogen-bond acceptors (Lipinski definition) is 5. The molecular formula is C36H43N5O4. The van der Waals surface area contributed by atoms with E-state index in [1.165, 1.54) is 11.1 Å². The zero-order valence-electron chi connectivity index (χ0n) is 26.0. The zero-order valence-corrected chi connectivity index (χ0v) is 26.0. The molecule has 3 aromatic carbocycles. The summed E-state index contributed by atoms with van der Waals surface area (Å²) in [7, 11) is 1.67. The Bertz CT molecular complexity index is 1730. The first-order chi connectivity index (χ1) is 22.0. The molecule has 2 aromatic heterocycles. The van der Waals surface area contributed by atoms with E-state index in [4.69, 9.17) is 9.94 Å². The lowest BCUT2D eigenvalue weighted by molar-refractivity contribution is -0.129. The highest BCUT2D eigenvalue weighted by atomic mass is 16.5. The number of aromatic amines is 2. The summed E-state index contributed by atoms with van der Waals surface area (Å²) in [6.45, 7) is 3.22. The number of methoxy groups -OCH3 is 1. The predicted molar refractivity (Wildman–Crippen MR) is 179 cm³/mol. The van der Waals surface area contributed by atoms with Crippen LogP contribution in [0.25, 0.3) is 33.1 Å². The van der Waals surface area contributed by atoms with Crippen molar-refractivity contribution in [3.05, 3.63) is 89.6 Å². The summed E-state index contributed by atoms with van der Waals surface area (Å²) in [6, 6.07) is 24.2. The average molecular weight is 610 g/mol. The largest absolute Gasteiger partial charge is 0.497 e. The van der Waals surface area contributed by atoms with E-state index < -0.39 is 0 Å². The number of aryl methyl sites for hydroxylation is 1. The van der Waals surface area contributed by atoms with E-state index >= 15 is 0 Å². The lowest BCUT2D eigenvalue weighted by Crippen LogP contribution is -2.45. The average Bonchev–Trinajstić information content (AvgIpc) is 3.60. The maximum atomic E-state index is 13.6. The maximum Gasteiger partial charge on any atom is 0.243 e. The van der Waals surface area contributed by atoms with Gasteiger partial charge in [-0.25, -0.2) is 5.48 Å². The van der Waals surface area contributed by atoms with E-state index in [2.05, 4.69) is 57.9 Å². The Morgan fingerprint density at radius 1 is 0.844 bits per heavy atom. The van der Waals surface area contributed by atoms with E-state index in [-0.39, 0.29) is 24.3 Å². The van der Waals surface area contributed by atoms with Gasteiger partial charge < -0.3 is 25.3 Å². The SMILES string of the molecule is COc1ccc2[nH]c(C)c(CCNC(CCCCCC(=O)NO)C(=O)NCCc3c(-c4ccccc4)[nH]c4ccccc34)c2c1. The van der Waals surface area contributed by atoms with Crippen molar-refractivity contribution in [3.8, 4) is 17.0 Å². The van der Waals surface area contributed by atoms with Crippen LogP contribution in [0.3, 0.4) is 0 Å². The van der Waals surface area contributed by atoms with E-state index in [0.29, 0.717) is 32.4 Å². The summed E-state index contributed by atoms with van der Waals surface area (Å²) in [5, 5.41) is 17.8. The van der Waals surface area contributed by atoms with Crippen LogP contribution in [0.2, 0.25) is 0 Å². The van der Waals surface area contributed by atoms with Gasteiger partial charge in [-0.1, -0.05) is 61.4 Å². The Hall–Kier alpha value is -4.60. The smallest absolute Gasteiger partial charge is 0.243 e. The maximum absolute atomic E-state index is 13.6. The molecule has 1 atom stereocenters. The lowest BCUT2D eigenvalue weighted by atomic mass is 10.0. The van der Waals surface area contributed by atoms with Gasteiger partial charge in [0.2, 0.25) is 11.8 Å². The Balaban J connectivity index is 1.24. The van der Waals surface area contributed by atoms with Crippen LogP contribution >= 0.6 is 0 Å². The van der Waals surface area contributed by atoms with Crippen LogP contribution in [0.5, 0.6) is 5.75 Å². The Morgan fingerprint density at radius 2 is 1.60 bits per heavy atom. The van der Waals surface area contributed by atoms with E-state index in [9.17, 15) is 9.59 Å². The molecule has 0 aliphatic heterocycles. The van der Waals surface area contributed by atoms with Crippen molar-refractivity contribution in [2.75, 3.05) is 20.2 Å². The van der Waals surface area contributed by atoms with Gasteiger partial charge in [0.05, 0.1) is 13.2 Å². The van der Waals surface area contributed by atoms with Crippen molar-refractivity contribution in [1.29, 1.82) is 0 Å². The van der Waals surface area contributed by atoms with Gasteiger partial charge in [-0.3, -0.25) is 14.8 Å². The fourth-order valence-electron chi connectivity index (χ4n) is 6.12. The normalized spacial score (nSPS) is 12.0.